The topological polar surface area (TPSA) is 86.2 Å². The lowest BCUT2D eigenvalue weighted by molar-refractivity contribution is 0.591. The Hall–Kier alpha value is -0.620. The monoisotopic (exact) mass is 274 g/mol. The zero-order chi connectivity index (χ0) is 12.8. The van der Waals surface area contributed by atoms with E-state index in [-0.39, 0.29) is 12.5 Å². The Morgan fingerprint density at radius 2 is 1.88 bits per heavy atom. The minimum Gasteiger partial charge on any atom is -0.329 e. The molecule has 0 heterocycles. The summed E-state index contributed by atoms with van der Waals surface area (Å²) in [5.74, 6) is -0.236. The second-order valence-corrected chi connectivity index (χ2v) is 7.20. The molecule has 0 aliphatic heterocycles. The van der Waals surface area contributed by atoms with Gasteiger partial charge < -0.3 is 11.5 Å². The van der Waals surface area contributed by atoms with Crippen LogP contribution in [0.25, 0.3) is 0 Å². The third-order valence-corrected chi connectivity index (χ3v) is 5.23. The molecular formula is C11H15ClN2O2S. The fourth-order valence-corrected chi connectivity index (χ4v) is 4.46. The first-order valence-electron chi connectivity index (χ1n) is 5.24. The van der Waals surface area contributed by atoms with E-state index < -0.39 is 20.6 Å². The molecule has 3 atom stereocenters. The van der Waals surface area contributed by atoms with Crippen LogP contribution < -0.4 is 11.5 Å². The van der Waals surface area contributed by atoms with Crippen LogP contribution in [0, 0.1) is 0 Å². The van der Waals surface area contributed by atoms with Crippen molar-refractivity contribution < 1.29 is 8.42 Å². The van der Waals surface area contributed by atoms with E-state index in [1.165, 1.54) is 6.26 Å². The molecule has 1 aliphatic rings. The number of rotatable bonds is 3. The van der Waals surface area contributed by atoms with E-state index in [1.807, 2.05) is 0 Å². The first-order valence-corrected chi connectivity index (χ1v) is 7.57. The summed E-state index contributed by atoms with van der Waals surface area (Å²) in [5, 5.41) is 0.0156. The lowest BCUT2D eigenvalue weighted by Gasteiger charge is -2.07. The highest BCUT2D eigenvalue weighted by molar-refractivity contribution is 7.91. The highest BCUT2D eigenvalue weighted by atomic mass is 35.5. The predicted octanol–water partition coefficient (Wildman–Crippen LogP) is 0.507. The second kappa shape index (κ2) is 3.95. The van der Waals surface area contributed by atoms with E-state index in [9.17, 15) is 8.42 Å². The molecule has 1 aromatic carbocycles. The molecule has 3 unspecified atom stereocenters. The van der Waals surface area contributed by atoms with Gasteiger partial charge in [0, 0.05) is 23.7 Å². The molecule has 1 fully saturated rings. The van der Waals surface area contributed by atoms with Crippen molar-refractivity contribution in [1.82, 2.24) is 0 Å². The molecule has 1 saturated carbocycles. The fourth-order valence-electron chi connectivity index (χ4n) is 2.47. The summed E-state index contributed by atoms with van der Waals surface area (Å²) in [4.78, 5) is 0. The van der Waals surface area contributed by atoms with E-state index in [4.69, 9.17) is 23.1 Å². The van der Waals surface area contributed by atoms with E-state index in [2.05, 4.69) is 0 Å². The Kier molecular flexibility index (Phi) is 2.98. The molecule has 0 saturated heterocycles. The van der Waals surface area contributed by atoms with Gasteiger partial charge in [-0.1, -0.05) is 23.7 Å². The van der Waals surface area contributed by atoms with E-state index in [0.29, 0.717) is 5.02 Å². The maximum Gasteiger partial charge on any atom is 0.152 e. The van der Waals surface area contributed by atoms with Crippen molar-refractivity contribution in [3.8, 4) is 0 Å². The molecule has 0 spiro atoms. The van der Waals surface area contributed by atoms with Crippen LogP contribution in [0.1, 0.15) is 11.5 Å². The number of hydrogen-bond donors (Lipinski definition) is 2. The van der Waals surface area contributed by atoms with Gasteiger partial charge in [0.05, 0.1) is 10.8 Å². The average Bonchev–Trinajstić information content (AvgIpc) is 2.87. The zero-order valence-electron chi connectivity index (χ0n) is 9.43. The van der Waals surface area contributed by atoms with Crippen molar-refractivity contribution in [3.05, 3.63) is 34.9 Å². The minimum absolute atomic E-state index is 0.151. The predicted molar refractivity (Wildman–Crippen MR) is 68.8 cm³/mol. The summed E-state index contributed by atoms with van der Waals surface area (Å²) >= 11 is 5.79. The summed E-state index contributed by atoms with van der Waals surface area (Å²) in [7, 11) is -3.19. The maximum absolute atomic E-state index is 11.7. The molecule has 1 aromatic rings. The van der Waals surface area contributed by atoms with Gasteiger partial charge in [-0.3, -0.25) is 0 Å². The van der Waals surface area contributed by atoms with Crippen LogP contribution in [-0.2, 0) is 9.84 Å². The van der Waals surface area contributed by atoms with Crippen molar-refractivity contribution in [2.24, 2.45) is 11.5 Å². The van der Waals surface area contributed by atoms with Crippen LogP contribution in [0.4, 0.5) is 0 Å². The molecule has 4 N–H and O–H groups in total. The number of halogens is 1. The smallest absolute Gasteiger partial charge is 0.152 e. The summed E-state index contributed by atoms with van der Waals surface area (Å²) < 4.78 is 23.3. The first-order chi connectivity index (χ1) is 7.80. The molecular weight excluding hydrogens is 260 g/mol. The van der Waals surface area contributed by atoms with Crippen molar-refractivity contribution in [2.45, 2.75) is 16.7 Å². The van der Waals surface area contributed by atoms with Gasteiger partial charge in [-0.15, -0.1) is 0 Å². The van der Waals surface area contributed by atoms with Crippen LogP contribution in [0.2, 0.25) is 5.02 Å². The summed E-state index contributed by atoms with van der Waals surface area (Å²) in [5.41, 5.74) is 11.7. The van der Waals surface area contributed by atoms with Gasteiger partial charge in [0.25, 0.3) is 0 Å². The Balaban J connectivity index is 2.37. The lowest BCUT2D eigenvalue weighted by Crippen LogP contribution is -2.38. The van der Waals surface area contributed by atoms with E-state index in [1.54, 1.807) is 24.3 Å². The van der Waals surface area contributed by atoms with Gasteiger partial charge in [0.1, 0.15) is 0 Å². The standard InChI is InChI=1S/C11H15ClN2O2S/c1-17(15,16)10-9(11(10,14)6-13)7-2-4-8(12)5-3-7/h2-5,9-10H,6,13-14H2,1H3. The molecule has 94 valence electrons. The highest BCUT2D eigenvalue weighted by Gasteiger charge is 2.67. The molecule has 0 amide bonds. The van der Waals surface area contributed by atoms with Crippen LogP contribution in [0.15, 0.2) is 24.3 Å². The molecule has 4 nitrogen and oxygen atoms in total. The highest BCUT2D eigenvalue weighted by Crippen LogP contribution is 2.53. The van der Waals surface area contributed by atoms with Crippen LogP contribution >= 0.6 is 11.6 Å². The van der Waals surface area contributed by atoms with Crippen LogP contribution in [0.3, 0.4) is 0 Å². The normalized spacial score (nSPS) is 32.5. The third-order valence-electron chi connectivity index (χ3n) is 3.35. The van der Waals surface area contributed by atoms with Gasteiger partial charge in [0.15, 0.2) is 9.84 Å². The summed E-state index contributed by atoms with van der Waals surface area (Å²) in [6, 6.07) is 7.06. The second-order valence-electron chi connectivity index (χ2n) is 4.60. The maximum atomic E-state index is 11.7. The molecule has 0 aromatic heterocycles. The van der Waals surface area contributed by atoms with Crippen molar-refractivity contribution in [1.29, 1.82) is 0 Å². The first kappa shape index (κ1) is 12.8. The average molecular weight is 275 g/mol. The van der Waals surface area contributed by atoms with Gasteiger partial charge in [-0.25, -0.2) is 8.42 Å². The molecule has 6 heteroatoms. The number of hydrogen-bond acceptors (Lipinski definition) is 4. The van der Waals surface area contributed by atoms with Crippen LogP contribution in [-0.4, -0.2) is 32.0 Å². The Morgan fingerprint density at radius 1 is 1.35 bits per heavy atom. The van der Waals surface area contributed by atoms with E-state index >= 15 is 0 Å². The van der Waals surface area contributed by atoms with Crippen LogP contribution in [0.5, 0.6) is 0 Å². The fraction of sp³-hybridized carbons (Fsp3) is 0.455. The molecule has 2 rings (SSSR count). The summed E-state index contributed by atoms with van der Waals surface area (Å²) in [6.45, 7) is 0.151. The van der Waals surface area contributed by atoms with Crippen molar-refractivity contribution >= 4 is 21.4 Å². The van der Waals surface area contributed by atoms with Gasteiger partial charge in [-0.05, 0) is 17.7 Å². The molecule has 0 radical (unpaired) electrons. The van der Waals surface area contributed by atoms with E-state index in [0.717, 1.165) is 5.56 Å². The third kappa shape index (κ3) is 2.08. The lowest BCUT2D eigenvalue weighted by atomic mass is 10.1. The SMILES string of the molecule is CS(=O)(=O)C1C(c2ccc(Cl)cc2)C1(N)CN. The Morgan fingerprint density at radius 3 is 2.24 bits per heavy atom. The molecule has 17 heavy (non-hydrogen) atoms. The molecule has 1 aliphatic carbocycles. The Labute approximate surface area is 106 Å². The Bertz CT molecular complexity index is 529. The van der Waals surface area contributed by atoms with Crippen molar-refractivity contribution in [2.75, 3.05) is 12.8 Å². The number of sulfone groups is 1. The zero-order valence-corrected chi connectivity index (χ0v) is 11.0. The van der Waals surface area contributed by atoms with Gasteiger partial charge in [-0.2, -0.15) is 0 Å². The quantitative estimate of drug-likeness (QED) is 0.841. The van der Waals surface area contributed by atoms with Crippen molar-refractivity contribution in [3.63, 3.8) is 0 Å². The number of nitrogens with two attached hydrogens (primary N) is 2. The van der Waals surface area contributed by atoms with Gasteiger partial charge >= 0.3 is 0 Å². The number of benzene rings is 1. The minimum atomic E-state index is -3.19. The largest absolute Gasteiger partial charge is 0.329 e. The van der Waals surface area contributed by atoms with Gasteiger partial charge in [0.2, 0.25) is 0 Å². The molecule has 0 bridgehead atoms. The summed E-state index contributed by atoms with van der Waals surface area (Å²) in [6.07, 6.45) is 1.20.